The fourth-order valence-corrected chi connectivity index (χ4v) is 5.69. The monoisotopic (exact) mass is 446 g/mol. The van der Waals surface area contributed by atoms with Gasteiger partial charge in [0.05, 0.1) is 4.88 Å². The van der Waals surface area contributed by atoms with Gasteiger partial charge in [-0.1, -0.05) is 18.2 Å². The number of imidazole rings is 1. The molecule has 1 atom stereocenters. The summed E-state index contributed by atoms with van der Waals surface area (Å²) in [6, 6.07) is 12.2. The number of fused-ring (bicyclic) bond motifs is 2. The minimum Gasteiger partial charge on any atom is -0.349 e. The Morgan fingerprint density at radius 3 is 2.84 bits per heavy atom. The first-order valence-electron chi connectivity index (χ1n) is 11.0. The van der Waals surface area contributed by atoms with Gasteiger partial charge in [0, 0.05) is 42.1 Å². The van der Waals surface area contributed by atoms with Gasteiger partial charge in [-0.15, -0.1) is 11.3 Å². The predicted octanol–water partition coefficient (Wildman–Crippen LogP) is 4.63. The maximum absolute atomic E-state index is 13.2. The van der Waals surface area contributed by atoms with E-state index in [1.807, 2.05) is 60.5 Å². The van der Waals surface area contributed by atoms with Crippen LogP contribution in [0.25, 0.3) is 15.7 Å². The van der Waals surface area contributed by atoms with Crippen molar-refractivity contribution in [1.82, 2.24) is 19.6 Å². The van der Waals surface area contributed by atoms with E-state index in [2.05, 4.69) is 22.4 Å². The molecule has 0 aliphatic carbocycles. The topological polar surface area (TPSA) is 66.7 Å². The van der Waals surface area contributed by atoms with E-state index < -0.39 is 0 Å². The molecule has 4 aromatic rings. The molecule has 0 saturated carbocycles. The van der Waals surface area contributed by atoms with E-state index in [-0.39, 0.29) is 23.8 Å². The van der Waals surface area contributed by atoms with Crippen molar-refractivity contribution in [2.24, 2.45) is 0 Å². The molecule has 7 heteroatoms. The molecule has 4 heterocycles. The largest absolute Gasteiger partial charge is 0.349 e. The number of aryl methyl sites for hydroxylation is 1. The van der Waals surface area contributed by atoms with Gasteiger partial charge in [0.2, 0.25) is 0 Å². The number of aromatic nitrogens is 2. The molecule has 1 fully saturated rings. The molecule has 1 unspecified atom stereocenters. The summed E-state index contributed by atoms with van der Waals surface area (Å²) in [7, 11) is 0. The summed E-state index contributed by atoms with van der Waals surface area (Å²) < 4.78 is 2.99. The first-order chi connectivity index (χ1) is 15.4. The van der Waals surface area contributed by atoms with Crippen LogP contribution >= 0.6 is 11.3 Å². The van der Waals surface area contributed by atoms with E-state index >= 15 is 0 Å². The molecule has 164 valence electrons. The predicted molar refractivity (Wildman–Crippen MR) is 128 cm³/mol. The Kier molecular flexibility index (Phi) is 5.21. The van der Waals surface area contributed by atoms with Crippen molar-refractivity contribution in [2.75, 3.05) is 13.1 Å². The van der Waals surface area contributed by atoms with Crippen LogP contribution in [0.1, 0.15) is 57.5 Å². The molecule has 32 heavy (non-hydrogen) atoms. The summed E-state index contributed by atoms with van der Waals surface area (Å²) >= 11 is 1.54. The molecule has 1 N–H and O–H groups in total. The lowest BCUT2D eigenvalue weighted by Crippen LogP contribution is -2.31. The number of rotatable bonds is 4. The molecule has 1 aliphatic rings. The number of likely N-dealkylation sites (tertiary alicyclic amines) is 1. The molecule has 1 saturated heterocycles. The molecule has 3 aromatic heterocycles. The fourth-order valence-electron chi connectivity index (χ4n) is 4.50. The number of pyridine rings is 1. The molecule has 2 amide bonds. The van der Waals surface area contributed by atoms with Crippen molar-refractivity contribution in [3.63, 3.8) is 0 Å². The second kappa shape index (κ2) is 8.06. The summed E-state index contributed by atoms with van der Waals surface area (Å²) in [6.45, 7) is 7.20. The van der Waals surface area contributed by atoms with Gasteiger partial charge < -0.3 is 14.6 Å². The van der Waals surface area contributed by atoms with Crippen molar-refractivity contribution in [2.45, 2.75) is 39.2 Å². The Bertz CT molecular complexity index is 1340. The summed E-state index contributed by atoms with van der Waals surface area (Å²) in [6.07, 6.45) is 4.56. The zero-order valence-electron chi connectivity index (χ0n) is 18.5. The SMILES string of the molecule is Cc1ccn2cc(C(=O)N3CCC(c4c(C(=O)NC(C)C)sc5ccccc45)C3)nc2c1. The molecule has 0 bridgehead atoms. The first-order valence-corrected chi connectivity index (χ1v) is 11.8. The number of amides is 2. The Morgan fingerprint density at radius 1 is 1.22 bits per heavy atom. The average molecular weight is 447 g/mol. The number of nitrogens with one attached hydrogen (secondary N) is 1. The lowest BCUT2D eigenvalue weighted by Gasteiger charge is -2.16. The van der Waals surface area contributed by atoms with Gasteiger partial charge in [0.15, 0.2) is 0 Å². The van der Waals surface area contributed by atoms with Gasteiger partial charge in [-0.3, -0.25) is 9.59 Å². The highest BCUT2D eigenvalue weighted by atomic mass is 32.1. The van der Waals surface area contributed by atoms with Crippen LogP contribution in [0, 0.1) is 6.92 Å². The standard InChI is InChI=1S/C25H26N4O2S/c1-15(2)26-24(30)23-22(18-6-4-5-7-20(18)32-23)17-9-11-29(13-17)25(31)19-14-28-10-8-16(3)12-21(28)27-19/h4-8,10,12,14-15,17H,9,11,13H2,1-3H3,(H,26,30). The number of benzene rings is 1. The Morgan fingerprint density at radius 2 is 2.03 bits per heavy atom. The van der Waals surface area contributed by atoms with E-state index in [1.165, 1.54) is 11.3 Å². The second-order valence-electron chi connectivity index (χ2n) is 8.80. The van der Waals surface area contributed by atoms with Gasteiger partial charge in [0.1, 0.15) is 11.3 Å². The van der Waals surface area contributed by atoms with Crippen molar-refractivity contribution in [3.05, 3.63) is 70.5 Å². The van der Waals surface area contributed by atoms with Gasteiger partial charge in [-0.2, -0.15) is 0 Å². The Balaban J connectivity index is 1.44. The van der Waals surface area contributed by atoms with Crippen molar-refractivity contribution < 1.29 is 9.59 Å². The minimum atomic E-state index is -0.0541. The van der Waals surface area contributed by atoms with Crippen LogP contribution < -0.4 is 5.32 Å². The summed E-state index contributed by atoms with van der Waals surface area (Å²) in [5, 5.41) is 4.16. The summed E-state index contributed by atoms with van der Waals surface area (Å²) in [4.78, 5) is 33.4. The molecule has 1 aromatic carbocycles. The zero-order valence-corrected chi connectivity index (χ0v) is 19.3. The van der Waals surface area contributed by atoms with Crippen LogP contribution in [0.5, 0.6) is 0 Å². The smallest absolute Gasteiger partial charge is 0.274 e. The normalized spacial score (nSPS) is 16.4. The van der Waals surface area contributed by atoms with Gasteiger partial charge >= 0.3 is 0 Å². The molecule has 6 nitrogen and oxygen atoms in total. The third-order valence-electron chi connectivity index (χ3n) is 5.98. The first kappa shape index (κ1) is 20.7. The summed E-state index contributed by atoms with van der Waals surface area (Å²) in [5.74, 6) is 0.0422. The Labute approximate surface area is 190 Å². The van der Waals surface area contributed by atoms with Crippen LogP contribution in [0.4, 0.5) is 0 Å². The lowest BCUT2D eigenvalue weighted by molar-refractivity contribution is 0.0785. The maximum atomic E-state index is 13.2. The molecule has 1 aliphatic heterocycles. The zero-order chi connectivity index (χ0) is 22.4. The Hall–Kier alpha value is -3.19. The van der Waals surface area contributed by atoms with E-state index in [1.54, 1.807) is 6.20 Å². The number of carbonyl (C=O) groups excluding carboxylic acids is 2. The van der Waals surface area contributed by atoms with E-state index in [9.17, 15) is 9.59 Å². The van der Waals surface area contributed by atoms with E-state index in [4.69, 9.17) is 0 Å². The van der Waals surface area contributed by atoms with Gasteiger partial charge in [0.25, 0.3) is 11.8 Å². The third kappa shape index (κ3) is 3.66. The number of thiophene rings is 1. The van der Waals surface area contributed by atoms with E-state index in [0.717, 1.165) is 38.2 Å². The van der Waals surface area contributed by atoms with Crippen LogP contribution in [0.3, 0.4) is 0 Å². The van der Waals surface area contributed by atoms with E-state index in [0.29, 0.717) is 18.8 Å². The number of nitrogens with zero attached hydrogens (tertiary/aromatic N) is 3. The highest BCUT2D eigenvalue weighted by Crippen LogP contribution is 2.40. The number of hydrogen-bond acceptors (Lipinski definition) is 4. The van der Waals surface area contributed by atoms with Crippen LogP contribution in [0.2, 0.25) is 0 Å². The second-order valence-corrected chi connectivity index (χ2v) is 9.85. The minimum absolute atomic E-state index is 0.0308. The van der Waals surface area contributed by atoms with Gasteiger partial charge in [-0.05, 0) is 61.9 Å². The summed E-state index contributed by atoms with van der Waals surface area (Å²) in [5.41, 5.74) is 3.43. The molecule has 5 rings (SSSR count). The van der Waals surface area contributed by atoms with Crippen LogP contribution in [0.15, 0.2) is 48.8 Å². The van der Waals surface area contributed by atoms with Crippen LogP contribution in [-0.4, -0.2) is 45.2 Å². The fraction of sp³-hybridized carbons (Fsp3) is 0.320. The molecular formula is C25H26N4O2S. The highest BCUT2D eigenvalue weighted by Gasteiger charge is 2.33. The third-order valence-corrected chi connectivity index (χ3v) is 7.16. The molecule has 0 radical (unpaired) electrons. The molecular weight excluding hydrogens is 420 g/mol. The lowest BCUT2D eigenvalue weighted by atomic mass is 9.95. The average Bonchev–Trinajstić information content (AvgIpc) is 3.48. The van der Waals surface area contributed by atoms with Crippen molar-refractivity contribution in [3.8, 4) is 0 Å². The molecule has 0 spiro atoms. The number of carbonyl (C=O) groups is 2. The quantitative estimate of drug-likeness (QED) is 0.497. The number of hydrogen-bond donors (Lipinski definition) is 1. The maximum Gasteiger partial charge on any atom is 0.274 e. The van der Waals surface area contributed by atoms with Gasteiger partial charge in [-0.25, -0.2) is 4.98 Å². The van der Waals surface area contributed by atoms with Crippen LogP contribution in [-0.2, 0) is 0 Å². The van der Waals surface area contributed by atoms with Crippen molar-refractivity contribution >= 4 is 38.9 Å². The highest BCUT2D eigenvalue weighted by molar-refractivity contribution is 7.21. The van der Waals surface area contributed by atoms with Crippen molar-refractivity contribution in [1.29, 1.82) is 0 Å².